The number of nitrogens with one attached hydrogen (secondary N) is 2. The number of H-pyrrole nitrogens is 1. The van der Waals surface area contributed by atoms with Crippen molar-refractivity contribution in [2.45, 2.75) is 26.1 Å². The summed E-state index contributed by atoms with van der Waals surface area (Å²) in [5.74, 6) is 0.475. The van der Waals surface area contributed by atoms with E-state index in [9.17, 15) is 9.90 Å². The van der Waals surface area contributed by atoms with Crippen molar-refractivity contribution in [3.8, 4) is 0 Å². The fraction of sp³-hybridized carbons (Fsp3) is 0.222. The summed E-state index contributed by atoms with van der Waals surface area (Å²) in [6.07, 6.45) is 1.97. The number of nitrogens with zero attached hydrogens (tertiary/aromatic N) is 4. The zero-order valence-corrected chi connectivity index (χ0v) is 14.0. The number of aromatic nitrogens is 5. The minimum absolute atomic E-state index is 0.0849. The molecule has 0 saturated carbocycles. The molecule has 0 radical (unpaired) electrons. The van der Waals surface area contributed by atoms with Gasteiger partial charge in [-0.05, 0) is 24.3 Å². The Morgan fingerprint density at radius 1 is 1.23 bits per heavy atom. The first-order valence-electron chi connectivity index (χ1n) is 8.36. The van der Waals surface area contributed by atoms with E-state index in [1.807, 2.05) is 41.0 Å². The smallest absolute Gasteiger partial charge is 0.222 e. The molecular weight excluding hydrogens is 332 g/mol. The summed E-state index contributed by atoms with van der Waals surface area (Å²) >= 11 is 0. The van der Waals surface area contributed by atoms with Crippen molar-refractivity contribution < 1.29 is 9.90 Å². The van der Waals surface area contributed by atoms with Crippen LogP contribution in [0.3, 0.4) is 0 Å². The predicted molar refractivity (Wildman–Crippen MR) is 96.0 cm³/mol. The molecule has 1 amide bonds. The standard InChI is InChI=1S/C18H18N6O2/c25-11-16-21-13-5-1-2-6-15(13)24(16)9-7-17(26)20-10-14-12-4-3-8-19-18(12)23-22-14/h1-6,8,25H,7,9-11H2,(H,20,26)(H,19,22,23). The Labute approximate surface area is 148 Å². The zero-order valence-electron chi connectivity index (χ0n) is 14.0. The molecule has 0 aliphatic carbocycles. The SMILES string of the molecule is O=C(CCn1c(CO)nc2ccccc21)NCc1[nH]nc2ncccc12. The van der Waals surface area contributed by atoms with E-state index in [-0.39, 0.29) is 18.9 Å². The quantitative estimate of drug-likeness (QED) is 0.488. The van der Waals surface area contributed by atoms with Crippen LogP contribution in [0.5, 0.6) is 0 Å². The predicted octanol–water partition coefficient (Wildman–Crippen LogP) is 1.51. The molecule has 3 N–H and O–H groups in total. The van der Waals surface area contributed by atoms with Crippen LogP contribution in [0.25, 0.3) is 22.1 Å². The maximum Gasteiger partial charge on any atom is 0.222 e. The van der Waals surface area contributed by atoms with Crippen molar-refractivity contribution in [2.75, 3.05) is 0 Å². The van der Waals surface area contributed by atoms with Gasteiger partial charge in [0.2, 0.25) is 5.91 Å². The Balaban J connectivity index is 1.41. The van der Waals surface area contributed by atoms with E-state index < -0.39 is 0 Å². The monoisotopic (exact) mass is 350 g/mol. The molecule has 0 spiro atoms. The first-order valence-corrected chi connectivity index (χ1v) is 8.36. The first-order chi connectivity index (χ1) is 12.8. The van der Waals surface area contributed by atoms with E-state index in [0.717, 1.165) is 22.1 Å². The molecular formula is C18H18N6O2. The van der Waals surface area contributed by atoms with Crippen molar-refractivity contribution in [3.05, 3.63) is 54.1 Å². The number of benzene rings is 1. The number of rotatable bonds is 6. The average Bonchev–Trinajstić information content (AvgIpc) is 3.25. The number of fused-ring (bicyclic) bond motifs is 2. The molecule has 0 saturated heterocycles. The third-order valence-corrected chi connectivity index (χ3v) is 4.31. The lowest BCUT2D eigenvalue weighted by Gasteiger charge is -2.08. The van der Waals surface area contributed by atoms with Gasteiger partial charge in [-0.15, -0.1) is 0 Å². The maximum atomic E-state index is 12.2. The van der Waals surface area contributed by atoms with Crippen LogP contribution in [0.4, 0.5) is 0 Å². The lowest BCUT2D eigenvalue weighted by molar-refractivity contribution is -0.121. The number of aliphatic hydroxyl groups excluding tert-OH is 1. The third-order valence-electron chi connectivity index (χ3n) is 4.31. The second-order valence-electron chi connectivity index (χ2n) is 5.93. The molecule has 8 heteroatoms. The number of aliphatic hydroxyl groups is 1. The number of imidazole rings is 1. The van der Waals surface area contributed by atoms with Gasteiger partial charge in [0.05, 0.1) is 23.3 Å². The Kier molecular flexibility index (Phi) is 4.32. The van der Waals surface area contributed by atoms with Crippen molar-refractivity contribution in [1.29, 1.82) is 0 Å². The first kappa shape index (κ1) is 16.2. The lowest BCUT2D eigenvalue weighted by Crippen LogP contribution is -2.24. The number of hydrogen-bond acceptors (Lipinski definition) is 5. The number of carbonyl (C=O) groups excluding carboxylic acids is 1. The van der Waals surface area contributed by atoms with Gasteiger partial charge in [-0.25, -0.2) is 9.97 Å². The summed E-state index contributed by atoms with van der Waals surface area (Å²) in [6.45, 7) is 0.648. The topological polar surface area (TPSA) is 109 Å². The molecule has 3 heterocycles. The summed E-state index contributed by atoms with van der Waals surface area (Å²) < 4.78 is 1.88. The summed E-state index contributed by atoms with van der Waals surface area (Å²) in [5.41, 5.74) is 3.18. The van der Waals surface area contributed by atoms with Gasteiger partial charge in [0.15, 0.2) is 5.65 Å². The zero-order chi connectivity index (χ0) is 17.9. The fourth-order valence-corrected chi connectivity index (χ4v) is 3.02. The highest BCUT2D eigenvalue weighted by Gasteiger charge is 2.12. The third kappa shape index (κ3) is 3.02. The lowest BCUT2D eigenvalue weighted by atomic mass is 10.2. The van der Waals surface area contributed by atoms with Crippen molar-refractivity contribution in [1.82, 2.24) is 30.0 Å². The van der Waals surface area contributed by atoms with Crippen molar-refractivity contribution in [3.63, 3.8) is 0 Å². The number of amides is 1. The Morgan fingerprint density at radius 2 is 2.12 bits per heavy atom. The summed E-state index contributed by atoms with van der Waals surface area (Å²) in [7, 11) is 0. The minimum atomic E-state index is -0.163. The van der Waals surface area contributed by atoms with Gasteiger partial charge in [-0.3, -0.25) is 9.89 Å². The van der Waals surface area contributed by atoms with Crippen LogP contribution in [0.15, 0.2) is 42.6 Å². The molecule has 8 nitrogen and oxygen atoms in total. The molecule has 0 bridgehead atoms. The van der Waals surface area contributed by atoms with E-state index in [4.69, 9.17) is 0 Å². The van der Waals surface area contributed by atoms with E-state index in [1.54, 1.807) is 6.20 Å². The number of aryl methyl sites for hydroxylation is 1. The van der Waals surface area contributed by atoms with E-state index in [0.29, 0.717) is 24.6 Å². The number of carbonyl (C=O) groups is 1. The van der Waals surface area contributed by atoms with Crippen LogP contribution in [0.1, 0.15) is 17.9 Å². The molecule has 26 heavy (non-hydrogen) atoms. The number of para-hydroxylation sites is 2. The van der Waals surface area contributed by atoms with Gasteiger partial charge in [-0.1, -0.05) is 12.1 Å². The normalized spacial score (nSPS) is 11.3. The van der Waals surface area contributed by atoms with Crippen LogP contribution < -0.4 is 5.32 Å². The maximum absolute atomic E-state index is 12.2. The largest absolute Gasteiger partial charge is 0.388 e. The second-order valence-corrected chi connectivity index (χ2v) is 5.93. The molecule has 0 unspecified atom stereocenters. The molecule has 3 aromatic heterocycles. The molecule has 4 aromatic rings. The Morgan fingerprint density at radius 3 is 3.00 bits per heavy atom. The summed E-state index contributed by atoms with van der Waals surface area (Å²) in [4.78, 5) is 20.8. The second kappa shape index (κ2) is 6.93. The highest BCUT2D eigenvalue weighted by molar-refractivity contribution is 5.80. The molecule has 0 atom stereocenters. The van der Waals surface area contributed by atoms with Crippen LogP contribution in [0, 0.1) is 0 Å². The highest BCUT2D eigenvalue weighted by atomic mass is 16.3. The molecule has 1 aromatic carbocycles. The van der Waals surface area contributed by atoms with Gasteiger partial charge in [-0.2, -0.15) is 5.10 Å². The highest BCUT2D eigenvalue weighted by Crippen LogP contribution is 2.17. The Bertz CT molecular complexity index is 1070. The van der Waals surface area contributed by atoms with Gasteiger partial charge in [0.1, 0.15) is 12.4 Å². The molecule has 0 fully saturated rings. The fourth-order valence-electron chi connectivity index (χ4n) is 3.02. The number of pyridine rings is 1. The van der Waals surface area contributed by atoms with Gasteiger partial charge >= 0.3 is 0 Å². The minimum Gasteiger partial charge on any atom is -0.388 e. The molecule has 0 aliphatic rings. The van der Waals surface area contributed by atoms with Gasteiger partial charge in [0.25, 0.3) is 0 Å². The Hall–Kier alpha value is -3.26. The summed E-state index contributed by atoms with van der Waals surface area (Å²) in [5, 5.41) is 20.3. The summed E-state index contributed by atoms with van der Waals surface area (Å²) in [6, 6.07) is 11.4. The molecule has 4 rings (SSSR count). The van der Waals surface area contributed by atoms with Crippen LogP contribution >= 0.6 is 0 Å². The van der Waals surface area contributed by atoms with Crippen molar-refractivity contribution >= 4 is 28.0 Å². The number of hydrogen-bond donors (Lipinski definition) is 3. The van der Waals surface area contributed by atoms with E-state index in [1.165, 1.54) is 0 Å². The van der Waals surface area contributed by atoms with E-state index in [2.05, 4.69) is 25.5 Å². The molecule has 132 valence electrons. The van der Waals surface area contributed by atoms with Crippen LogP contribution in [-0.2, 0) is 24.5 Å². The van der Waals surface area contributed by atoms with Crippen molar-refractivity contribution in [2.24, 2.45) is 0 Å². The average molecular weight is 350 g/mol. The van der Waals surface area contributed by atoms with Crippen LogP contribution in [0.2, 0.25) is 0 Å². The van der Waals surface area contributed by atoms with E-state index >= 15 is 0 Å². The van der Waals surface area contributed by atoms with Gasteiger partial charge in [0, 0.05) is 24.5 Å². The molecule has 0 aliphatic heterocycles. The number of aromatic amines is 1. The van der Waals surface area contributed by atoms with Crippen LogP contribution in [-0.4, -0.2) is 35.7 Å². The van der Waals surface area contributed by atoms with Gasteiger partial charge < -0.3 is 15.0 Å².